The molecule has 1 saturated heterocycles. The third-order valence-electron chi connectivity index (χ3n) is 7.41. The van der Waals surface area contributed by atoms with Crippen LogP contribution >= 0.6 is 12.4 Å². The largest absolute Gasteiger partial charge is 0.354 e. The Labute approximate surface area is 240 Å². The van der Waals surface area contributed by atoms with Crippen molar-refractivity contribution in [3.8, 4) is 0 Å². The average Bonchev–Trinajstić information content (AvgIpc) is 3.46. The molecule has 8 heteroatoms. The van der Waals surface area contributed by atoms with Crippen LogP contribution in [0.25, 0.3) is 10.8 Å². The van der Waals surface area contributed by atoms with E-state index < -0.39 is 12.1 Å². The van der Waals surface area contributed by atoms with Gasteiger partial charge < -0.3 is 16.0 Å². The van der Waals surface area contributed by atoms with Gasteiger partial charge in [-0.3, -0.25) is 19.3 Å². The topological polar surface area (TPSA) is 90.5 Å². The lowest BCUT2D eigenvalue weighted by Gasteiger charge is -2.33. The average molecular weight is 559 g/mol. The van der Waals surface area contributed by atoms with E-state index >= 15 is 0 Å². The molecular weight excluding hydrogens is 512 g/mol. The van der Waals surface area contributed by atoms with E-state index in [1.54, 1.807) is 0 Å². The summed E-state index contributed by atoms with van der Waals surface area (Å²) in [5, 5.41) is 11.9. The van der Waals surface area contributed by atoms with Crippen LogP contribution in [-0.4, -0.2) is 60.9 Å². The fourth-order valence-corrected chi connectivity index (χ4v) is 5.14. The van der Waals surface area contributed by atoms with E-state index in [0.29, 0.717) is 31.7 Å². The van der Waals surface area contributed by atoms with Crippen LogP contribution < -0.4 is 16.0 Å². The zero-order valence-electron chi connectivity index (χ0n) is 24.0. The van der Waals surface area contributed by atoms with E-state index in [-0.39, 0.29) is 42.5 Å². The van der Waals surface area contributed by atoms with Crippen molar-refractivity contribution in [2.75, 3.05) is 26.2 Å². The maximum atomic E-state index is 13.8. The summed E-state index contributed by atoms with van der Waals surface area (Å²) in [4.78, 5) is 42.6. The first-order chi connectivity index (χ1) is 18.3. The van der Waals surface area contributed by atoms with Crippen molar-refractivity contribution in [3.05, 3.63) is 48.0 Å². The number of amides is 3. The molecule has 0 aliphatic carbocycles. The molecule has 39 heavy (non-hydrogen) atoms. The maximum absolute atomic E-state index is 13.8. The number of halogens is 1. The first-order valence-corrected chi connectivity index (χ1v) is 14.4. The van der Waals surface area contributed by atoms with Crippen molar-refractivity contribution >= 4 is 40.9 Å². The van der Waals surface area contributed by atoms with E-state index in [1.807, 2.05) is 44.2 Å². The van der Waals surface area contributed by atoms with E-state index in [4.69, 9.17) is 0 Å². The quantitative estimate of drug-likeness (QED) is 0.298. The van der Waals surface area contributed by atoms with Crippen LogP contribution in [0.5, 0.6) is 0 Å². The summed E-state index contributed by atoms with van der Waals surface area (Å²) < 4.78 is 0. The van der Waals surface area contributed by atoms with Crippen LogP contribution in [0, 0.1) is 11.8 Å². The van der Waals surface area contributed by atoms with Crippen LogP contribution in [0.4, 0.5) is 0 Å². The first kappa shape index (κ1) is 32.7. The number of nitrogens with one attached hydrogen (secondary N) is 3. The number of carbonyl (C=O) groups is 3. The Balaban J connectivity index is 0.00000533. The summed E-state index contributed by atoms with van der Waals surface area (Å²) >= 11 is 0. The molecule has 0 spiro atoms. The second kappa shape index (κ2) is 16.6. The molecule has 3 amide bonds. The van der Waals surface area contributed by atoms with E-state index in [0.717, 1.165) is 48.8 Å². The van der Waals surface area contributed by atoms with Gasteiger partial charge >= 0.3 is 0 Å². The Morgan fingerprint density at radius 1 is 1.03 bits per heavy atom. The SMILES string of the molecule is CCC(CC)C(=O)N(C(=O)[C@@H]1CCCN1)[C@H](Cc1ccc2ccccc2c1)C(=O)NCCCNCC(C)C.Cl. The van der Waals surface area contributed by atoms with Gasteiger partial charge in [-0.15, -0.1) is 12.4 Å². The molecule has 2 atom stereocenters. The highest BCUT2D eigenvalue weighted by Gasteiger charge is 2.40. The smallest absolute Gasteiger partial charge is 0.247 e. The molecule has 2 aromatic rings. The molecule has 7 nitrogen and oxygen atoms in total. The van der Waals surface area contributed by atoms with E-state index in [1.165, 1.54) is 4.90 Å². The monoisotopic (exact) mass is 558 g/mol. The zero-order chi connectivity index (χ0) is 27.5. The standard InChI is InChI=1S/C31H46N4O3.ClH/c1-5-24(6-2)30(37)35(31(38)27-13-9-17-33-27)28(29(36)34-18-10-16-32-21-22(3)4)20-23-14-15-25-11-7-8-12-26(25)19-23;/h7-8,11-12,14-15,19,22,24,27-28,32-33H,5-6,9-10,13,16-18,20-21H2,1-4H3,(H,34,36);1H/t27-,28+;/m0./s1. The summed E-state index contributed by atoms with van der Waals surface area (Å²) in [6.07, 6.45) is 3.88. The molecule has 0 saturated carbocycles. The van der Waals surface area contributed by atoms with Gasteiger partial charge in [0.1, 0.15) is 6.04 Å². The fraction of sp³-hybridized carbons (Fsp3) is 0.581. The highest BCUT2D eigenvalue weighted by atomic mass is 35.5. The van der Waals surface area contributed by atoms with Crippen molar-refractivity contribution < 1.29 is 14.4 Å². The lowest BCUT2D eigenvalue weighted by Crippen LogP contribution is -2.58. The van der Waals surface area contributed by atoms with Gasteiger partial charge in [0.05, 0.1) is 6.04 Å². The Kier molecular flexibility index (Phi) is 13.9. The lowest BCUT2D eigenvalue weighted by atomic mass is 9.96. The molecule has 0 aromatic heterocycles. The highest BCUT2D eigenvalue weighted by molar-refractivity contribution is 6.03. The predicted molar refractivity (Wildman–Crippen MR) is 161 cm³/mol. The molecule has 1 aliphatic heterocycles. The van der Waals surface area contributed by atoms with Crippen molar-refractivity contribution in [2.24, 2.45) is 11.8 Å². The molecule has 1 aliphatic rings. The van der Waals surface area contributed by atoms with Gasteiger partial charge in [-0.05, 0) is 74.0 Å². The van der Waals surface area contributed by atoms with E-state index in [9.17, 15) is 14.4 Å². The van der Waals surface area contributed by atoms with Crippen molar-refractivity contribution in [3.63, 3.8) is 0 Å². The minimum absolute atomic E-state index is 0. The van der Waals surface area contributed by atoms with Crippen molar-refractivity contribution in [1.29, 1.82) is 0 Å². The van der Waals surface area contributed by atoms with Gasteiger partial charge in [0.2, 0.25) is 17.7 Å². The summed E-state index contributed by atoms with van der Waals surface area (Å²) in [7, 11) is 0. The van der Waals surface area contributed by atoms with E-state index in [2.05, 4.69) is 41.9 Å². The number of nitrogens with zero attached hydrogens (tertiary/aromatic N) is 1. The van der Waals surface area contributed by atoms with Crippen LogP contribution in [0.3, 0.4) is 0 Å². The normalized spacial score (nSPS) is 15.8. The van der Waals surface area contributed by atoms with Crippen LogP contribution in [0.2, 0.25) is 0 Å². The van der Waals surface area contributed by atoms with Crippen molar-refractivity contribution in [2.45, 2.75) is 78.3 Å². The van der Waals surface area contributed by atoms with Crippen LogP contribution in [0.15, 0.2) is 42.5 Å². The molecular formula is C31H47ClN4O3. The van der Waals surface area contributed by atoms with Crippen LogP contribution in [0.1, 0.15) is 65.4 Å². The van der Waals surface area contributed by atoms with Gasteiger partial charge in [0.15, 0.2) is 0 Å². The molecule has 2 aromatic carbocycles. The summed E-state index contributed by atoms with van der Waals surface area (Å²) in [6.45, 7) is 11.2. The Bertz CT molecular complexity index is 1050. The van der Waals surface area contributed by atoms with Gasteiger partial charge in [0.25, 0.3) is 0 Å². The highest BCUT2D eigenvalue weighted by Crippen LogP contribution is 2.23. The summed E-state index contributed by atoms with van der Waals surface area (Å²) in [6, 6.07) is 12.8. The molecule has 3 N–H and O–H groups in total. The molecule has 1 fully saturated rings. The molecule has 0 unspecified atom stereocenters. The summed E-state index contributed by atoms with van der Waals surface area (Å²) in [5.74, 6) is -0.525. The molecule has 1 heterocycles. The number of rotatable bonds is 14. The second-order valence-electron chi connectivity index (χ2n) is 10.9. The maximum Gasteiger partial charge on any atom is 0.247 e. The number of fused-ring (bicyclic) bond motifs is 1. The minimum Gasteiger partial charge on any atom is -0.354 e. The van der Waals surface area contributed by atoms with Crippen LogP contribution in [-0.2, 0) is 20.8 Å². The van der Waals surface area contributed by atoms with Gasteiger partial charge in [-0.1, -0.05) is 70.2 Å². The number of imide groups is 1. The first-order valence-electron chi connectivity index (χ1n) is 14.4. The number of hydrogen-bond donors (Lipinski definition) is 3. The Morgan fingerprint density at radius 2 is 1.74 bits per heavy atom. The fourth-order valence-electron chi connectivity index (χ4n) is 5.14. The lowest BCUT2D eigenvalue weighted by molar-refractivity contribution is -0.155. The molecule has 0 radical (unpaired) electrons. The zero-order valence-corrected chi connectivity index (χ0v) is 24.8. The number of carbonyl (C=O) groups excluding carboxylic acids is 3. The third kappa shape index (κ3) is 9.30. The van der Waals surface area contributed by atoms with Gasteiger partial charge in [0, 0.05) is 18.9 Å². The third-order valence-corrected chi connectivity index (χ3v) is 7.41. The van der Waals surface area contributed by atoms with Gasteiger partial charge in [-0.25, -0.2) is 0 Å². The Hall–Kier alpha value is -2.48. The molecule has 0 bridgehead atoms. The van der Waals surface area contributed by atoms with Gasteiger partial charge in [-0.2, -0.15) is 0 Å². The minimum atomic E-state index is -0.900. The number of hydrogen-bond acceptors (Lipinski definition) is 5. The predicted octanol–water partition coefficient (Wildman–Crippen LogP) is 4.47. The molecule has 3 rings (SSSR count). The number of benzene rings is 2. The Morgan fingerprint density at radius 3 is 2.38 bits per heavy atom. The molecule has 216 valence electrons. The summed E-state index contributed by atoms with van der Waals surface area (Å²) in [5.41, 5.74) is 0.928. The second-order valence-corrected chi connectivity index (χ2v) is 10.9. The van der Waals surface area contributed by atoms with Crippen molar-refractivity contribution in [1.82, 2.24) is 20.9 Å².